The minimum atomic E-state index is 0. The van der Waals surface area contributed by atoms with E-state index in [1.54, 1.807) is 0 Å². The first kappa shape index (κ1) is 84.5. The Morgan fingerprint density at radius 2 is 0.500 bits per heavy atom. The molecule has 0 fully saturated rings. The van der Waals surface area contributed by atoms with Crippen LogP contribution in [0.15, 0.2) is 0 Å². The van der Waals surface area contributed by atoms with Gasteiger partial charge in [-0.05, 0) is 0 Å². The van der Waals surface area contributed by atoms with Gasteiger partial charge in [0.1, 0.15) is 0 Å². The second-order valence-electron chi connectivity index (χ2n) is 0. The first-order valence-corrected chi connectivity index (χ1v) is 0. The Kier molecular flexibility index (Phi) is 796. The van der Waals surface area contributed by atoms with Gasteiger partial charge in [0.05, 0.1) is 0 Å². The van der Waals surface area contributed by atoms with E-state index in [9.17, 15) is 0 Å². The van der Waals surface area contributed by atoms with Crippen LogP contribution in [0, 0.1) is 0 Å². The van der Waals surface area contributed by atoms with Crippen LogP contribution in [0.3, 0.4) is 0 Å². The van der Waals surface area contributed by atoms with Gasteiger partial charge in [-0.3, -0.25) is 0 Å². The molecule has 0 aliphatic carbocycles. The molecule has 4 heavy (non-hydrogen) atoms. The fourth-order valence-corrected chi connectivity index (χ4v) is 0. The van der Waals surface area contributed by atoms with Crippen molar-refractivity contribution in [1.29, 1.82) is 0 Å². The molecule has 0 saturated heterocycles. The fourth-order valence-electron chi connectivity index (χ4n) is 0. The number of hydrogen-bond donors (Lipinski definition) is 0. The Bertz CT molecular complexity index is 4.00. The fraction of sp³-hybridized carbons (Fsp3) is 0. The van der Waals surface area contributed by atoms with Crippen molar-refractivity contribution in [2.24, 2.45) is 0 Å². The molecule has 0 rings (SSSR count). The zero-order valence-electron chi connectivity index (χ0n) is 1.60. The van der Waals surface area contributed by atoms with Crippen molar-refractivity contribution in [2.75, 3.05) is 0 Å². The van der Waals surface area contributed by atoms with Crippen LogP contribution in [0.4, 0.5) is 0 Å². The summed E-state index contributed by atoms with van der Waals surface area (Å²) in [6, 6.07) is 0. The van der Waals surface area contributed by atoms with Gasteiger partial charge in [0.2, 0.25) is 0 Å². The zero-order chi connectivity index (χ0) is 0. The van der Waals surface area contributed by atoms with E-state index in [2.05, 4.69) is 0 Å². The van der Waals surface area contributed by atoms with Crippen molar-refractivity contribution in [3.8, 4) is 0 Å². The molecule has 0 aromatic rings. The van der Waals surface area contributed by atoms with E-state index in [0.29, 0.717) is 0 Å². The largest absolute Gasteiger partial charge is 0 e. The SMILES string of the molecule is [Fe].[Fe].[N].[N]. The molecule has 0 unspecified atom stereocenters. The molecule has 0 spiro atoms. The molecule has 4 heteroatoms. The molecule has 0 amide bonds. The first-order valence-electron chi connectivity index (χ1n) is 0. The quantitative estimate of drug-likeness (QED) is 0.388. The van der Waals surface area contributed by atoms with Crippen LogP contribution < -0.4 is 12.3 Å². The summed E-state index contributed by atoms with van der Waals surface area (Å²) >= 11 is 0. The zero-order valence-corrected chi connectivity index (χ0v) is 3.81. The summed E-state index contributed by atoms with van der Waals surface area (Å²) in [7, 11) is 0. The third kappa shape index (κ3) is 12.3. The van der Waals surface area contributed by atoms with E-state index in [-0.39, 0.29) is 46.4 Å². The Balaban J connectivity index is 0. The van der Waals surface area contributed by atoms with E-state index in [1.807, 2.05) is 0 Å². The molecule has 0 saturated carbocycles. The van der Waals surface area contributed by atoms with Crippen LogP contribution in [0.2, 0.25) is 0 Å². The predicted molar refractivity (Wildman–Crippen MR) is 4.27 cm³/mol. The summed E-state index contributed by atoms with van der Waals surface area (Å²) < 4.78 is 0. The van der Waals surface area contributed by atoms with E-state index < -0.39 is 0 Å². The standard InChI is InChI=1S/2Fe.2N. The van der Waals surface area contributed by atoms with E-state index in [1.165, 1.54) is 0 Å². The van der Waals surface area contributed by atoms with Gasteiger partial charge in [0.15, 0.2) is 0 Å². The van der Waals surface area contributed by atoms with Gasteiger partial charge in [-0.15, -0.1) is 0 Å². The van der Waals surface area contributed by atoms with Crippen LogP contribution in [-0.2, 0) is 34.1 Å². The number of hydrogen-bond acceptors (Lipinski definition) is 0. The van der Waals surface area contributed by atoms with Gasteiger partial charge in [-0.2, -0.15) is 0 Å². The Hall–Kier alpha value is 0.959. The summed E-state index contributed by atoms with van der Waals surface area (Å²) in [4.78, 5) is 0. The van der Waals surface area contributed by atoms with E-state index in [0.717, 1.165) is 0 Å². The molecule has 0 bridgehead atoms. The molecule has 0 heterocycles. The van der Waals surface area contributed by atoms with Gasteiger partial charge >= 0.3 is 0 Å². The molecule has 0 aliphatic rings. The summed E-state index contributed by atoms with van der Waals surface area (Å²) in [5.41, 5.74) is 0. The second-order valence-corrected chi connectivity index (χ2v) is 0. The maximum Gasteiger partial charge on any atom is 0 e. The first-order chi connectivity index (χ1) is 0. The molecular formula is Fe2N2. The minimum absolute atomic E-state index is 0. The molecule has 2 nitrogen and oxygen atoms in total. The minimum Gasteiger partial charge on any atom is 0 e. The smallest absolute Gasteiger partial charge is 0 e. The van der Waals surface area contributed by atoms with Gasteiger partial charge in [0.25, 0.3) is 0 Å². The van der Waals surface area contributed by atoms with Crippen molar-refractivity contribution < 1.29 is 34.1 Å². The number of nitrogens with zero attached hydrogens (tertiary/aromatic N) is 2. The van der Waals surface area contributed by atoms with Gasteiger partial charge in [0, 0.05) is 46.4 Å². The van der Waals surface area contributed by atoms with Crippen LogP contribution in [-0.4, -0.2) is 0 Å². The molecule has 6 radical (unpaired) electrons. The Labute approximate surface area is 46.8 Å². The maximum absolute atomic E-state index is 0. The third-order valence-electron chi connectivity index (χ3n) is 0. The third-order valence-corrected chi connectivity index (χ3v) is 0. The summed E-state index contributed by atoms with van der Waals surface area (Å²) in [6.07, 6.45) is 0. The molecule has 0 atom stereocenters. The Morgan fingerprint density at radius 3 is 0.500 bits per heavy atom. The topological polar surface area (TPSA) is 61.0 Å². The van der Waals surface area contributed by atoms with Crippen molar-refractivity contribution in [3.05, 3.63) is 0 Å². The maximum atomic E-state index is 0. The average Bonchev–Trinajstić information content (AvgIpc) is 0. The molecule has 0 N–H and O–H groups in total. The predicted octanol–water partition coefficient (Wildman–Crippen LogP) is -0.966. The molecule has 0 aromatic carbocycles. The molecular weight excluding hydrogens is 140 g/mol. The van der Waals surface area contributed by atoms with E-state index >= 15 is 0 Å². The monoisotopic (exact) mass is 140 g/mol. The number of rotatable bonds is 0. The average molecular weight is 140 g/mol. The van der Waals surface area contributed by atoms with E-state index in [4.69, 9.17) is 0 Å². The molecule has 0 aliphatic heterocycles. The van der Waals surface area contributed by atoms with Crippen molar-refractivity contribution >= 4 is 0 Å². The molecule has 0 aromatic heterocycles. The van der Waals surface area contributed by atoms with Crippen LogP contribution >= 0.6 is 0 Å². The summed E-state index contributed by atoms with van der Waals surface area (Å²) in [5.74, 6) is 0. The summed E-state index contributed by atoms with van der Waals surface area (Å²) in [5, 5.41) is 0. The summed E-state index contributed by atoms with van der Waals surface area (Å²) in [6.45, 7) is 0. The van der Waals surface area contributed by atoms with Gasteiger partial charge < -0.3 is 0 Å². The van der Waals surface area contributed by atoms with Crippen LogP contribution in [0.1, 0.15) is 0 Å². The van der Waals surface area contributed by atoms with Gasteiger partial charge in [-0.25, -0.2) is 0 Å². The van der Waals surface area contributed by atoms with Crippen molar-refractivity contribution in [2.45, 2.75) is 0 Å². The molecule has 26 valence electrons. The Morgan fingerprint density at radius 1 is 0.500 bits per heavy atom. The van der Waals surface area contributed by atoms with Gasteiger partial charge in [-0.1, -0.05) is 0 Å². The second kappa shape index (κ2) is 37.7. The van der Waals surface area contributed by atoms with Crippen LogP contribution in [0.5, 0.6) is 0 Å². The van der Waals surface area contributed by atoms with Crippen LogP contribution in [0.25, 0.3) is 0 Å². The van der Waals surface area contributed by atoms with Crippen molar-refractivity contribution in [3.63, 3.8) is 0 Å². The normalized spacial score (nSPS) is 0. The van der Waals surface area contributed by atoms with Crippen molar-refractivity contribution in [1.82, 2.24) is 12.3 Å².